The summed E-state index contributed by atoms with van der Waals surface area (Å²) in [4.78, 5) is 27.0. The van der Waals surface area contributed by atoms with Crippen molar-refractivity contribution >= 4 is 17.4 Å². The summed E-state index contributed by atoms with van der Waals surface area (Å²) in [6, 6.07) is 10.5. The number of ether oxygens (including phenoxy) is 2. The van der Waals surface area contributed by atoms with Crippen LogP contribution in [0.2, 0.25) is 0 Å². The van der Waals surface area contributed by atoms with Gasteiger partial charge in [0.25, 0.3) is 11.7 Å². The highest BCUT2D eigenvalue weighted by Gasteiger charge is 2.47. The van der Waals surface area contributed by atoms with Gasteiger partial charge in [-0.1, -0.05) is 0 Å². The highest BCUT2D eigenvalue weighted by Crippen LogP contribution is 2.41. The van der Waals surface area contributed by atoms with E-state index in [-0.39, 0.29) is 17.9 Å². The molecule has 1 amide bonds. The Morgan fingerprint density at radius 3 is 2.40 bits per heavy atom. The van der Waals surface area contributed by atoms with Crippen molar-refractivity contribution in [1.82, 2.24) is 4.90 Å². The molecule has 1 atom stereocenters. The minimum atomic E-state index is -0.904. The van der Waals surface area contributed by atoms with Crippen LogP contribution in [0.1, 0.15) is 23.1 Å². The molecule has 0 bridgehead atoms. The number of carbonyl (C=O) groups is 2. The Kier molecular flexibility index (Phi) is 5.05. The van der Waals surface area contributed by atoms with E-state index in [0.717, 1.165) is 0 Å². The summed E-state index contributed by atoms with van der Waals surface area (Å²) in [6.45, 7) is 0.0473. The molecular formula is C22H19NO7. The zero-order valence-corrected chi connectivity index (χ0v) is 16.3. The van der Waals surface area contributed by atoms with Gasteiger partial charge < -0.3 is 28.3 Å². The number of nitrogens with zero attached hydrogens (tertiary/aromatic N) is 1. The average molecular weight is 409 g/mol. The van der Waals surface area contributed by atoms with Crippen LogP contribution in [-0.2, 0) is 16.1 Å². The molecule has 1 aromatic carbocycles. The third-order valence-corrected chi connectivity index (χ3v) is 4.92. The largest absolute Gasteiger partial charge is 0.507 e. The average Bonchev–Trinajstić information content (AvgIpc) is 3.52. The Hall–Kier alpha value is -3.94. The monoisotopic (exact) mass is 409 g/mol. The minimum absolute atomic E-state index is 0.0473. The van der Waals surface area contributed by atoms with Crippen molar-refractivity contribution in [2.24, 2.45) is 0 Å². The molecule has 1 aliphatic heterocycles. The van der Waals surface area contributed by atoms with Crippen molar-refractivity contribution in [1.29, 1.82) is 0 Å². The van der Waals surface area contributed by atoms with Crippen molar-refractivity contribution in [2.45, 2.75) is 12.6 Å². The predicted octanol–water partition coefficient (Wildman–Crippen LogP) is 3.51. The molecule has 2 aromatic heterocycles. The van der Waals surface area contributed by atoms with Crippen molar-refractivity contribution in [3.8, 4) is 11.5 Å². The predicted molar refractivity (Wildman–Crippen MR) is 105 cm³/mol. The number of benzene rings is 1. The first-order chi connectivity index (χ1) is 14.5. The first-order valence-corrected chi connectivity index (χ1v) is 9.11. The van der Waals surface area contributed by atoms with E-state index in [0.29, 0.717) is 28.6 Å². The van der Waals surface area contributed by atoms with Gasteiger partial charge in [-0.3, -0.25) is 9.59 Å². The van der Waals surface area contributed by atoms with Gasteiger partial charge in [0.15, 0.2) is 11.5 Å². The molecular weight excluding hydrogens is 390 g/mol. The number of Topliss-reactive ketones (excluding diaryl/α,β-unsaturated/α-hetero) is 1. The second-order valence-corrected chi connectivity index (χ2v) is 6.59. The van der Waals surface area contributed by atoms with E-state index < -0.39 is 17.7 Å². The van der Waals surface area contributed by atoms with Gasteiger partial charge in [0.1, 0.15) is 23.3 Å². The molecule has 0 saturated carbocycles. The van der Waals surface area contributed by atoms with E-state index in [9.17, 15) is 14.7 Å². The van der Waals surface area contributed by atoms with E-state index in [1.807, 2.05) is 0 Å². The second kappa shape index (κ2) is 7.82. The number of aliphatic hydroxyl groups excluding tert-OH is 1. The Bertz CT molecular complexity index is 1100. The zero-order chi connectivity index (χ0) is 21.3. The summed E-state index contributed by atoms with van der Waals surface area (Å²) in [6.07, 6.45) is 2.93. The summed E-state index contributed by atoms with van der Waals surface area (Å²) < 4.78 is 21.3. The Labute approximate surface area is 171 Å². The number of hydrogen-bond donors (Lipinski definition) is 1. The van der Waals surface area contributed by atoms with Gasteiger partial charge in [0, 0.05) is 5.56 Å². The quantitative estimate of drug-likeness (QED) is 0.378. The molecule has 0 spiro atoms. The Morgan fingerprint density at radius 2 is 1.77 bits per heavy atom. The lowest BCUT2D eigenvalue weighted by atomic mass is 9.99. The van der Waals surface area contributed by atoms with Crippen LogP contribution in [-0.4, -0.2) is 35.9 Å². The maximum absolute atomic E-state index is 12.9. The molecule has 4 rings (SSSR count). The summed E-state index contributed by atoms with van der Waals surface area (Å²) in [5.74, 6) is -0.208. The SMILES string of the molecule is COc1ccc(/C(O)=C2/C(=O)C(=O)N(Cc3ccco3)C2c2ccco2)cc1OC. The lowest BCUT2D eigenvalue weighted by Gasteiger charge is -2.22. The molecule has 1 unspecified atom stereocenters. The number of likely N-dealkylation sites (tertiary alicyclic amines) is 1. The standard InChI is InChI=1S/C22H19NO7/c1-27-15-8-7-13(11-17(15)28-2)20(24)18-19(16-6-4-10-30-16)23(22(26)21(18)25)12-14-5-3-9-29-14/h3-11,19,24H,12H2,1-2H3/b20-18-. The van der Waals surface area contributed by atoms with Crippen LogP contribution < -0.4 is 9.47 Å². The summed E-state index contributed by atoms with van der Waals surface area (Å²) in [7, 11) is 2.96. The third kappa shape index (κ3) is 3.22. The number of furan rings is 2. The number of ketones is 1. The van der Waals surface area contributed by atoms with Gasteiger partial charge in [-0.05, 0) is 42.5 Å². The lowest BCUT2D eigenvalue weighted by molar-refractivity contribution is -0.140. The van der Waals surface area contributed by atoms with Crippen LogP contribution in [0.15, 0.2) is 69.4 Å². The van der Waals surface area contributed by atoms with Crippen molar-refractivity contribution < 1.29 is 33.0 Å². The fourth-order valence-corrected chi connectivity index (χ4v) is 3.50. The smallest absolute Gasteiger partial charge is 0.296 e. The van der Waals surface area contributed by atoms with Crippen molar-refractivity contribution in [3.05, 3.63) is 77.6 Å². The number of carbonyl (C=O) groups excluding carboxylic acids is 2. The molecule has 8 nitrogen and oxygen atoms in total. The molecule has 1 N–H and O–H groups in total. The first kappa shape index (κ1) is 19.4. The Morgan fingerprint density at radius 1 is 1.03 bits per heavy atom. The first-order valence-electron chi connectivity index (χ1n) is 9.11. The van der Waals surface area contributed by atoms with Crippen LogP contribution in [0.3, 0.4) is 0 Å². The highest BCUT2D eigenvalue weighted by molar-refractivity contribution is 6.46. The highest BCUT2D eigenvalue weighted by atomic mass is 16.5. The van der Waals surface area contributed by atoms with Crippen molar-refractivity contribution in [3.63, 3.8) is 0 Å². The van der Waals surface area contributed by atoms with Gasteiger partial charge >= 0.3 is 0 Å². The van der Waals surface area contributed by atoms with Gasteiger partial charge in [-0.25, -0.2) is 0 Å². The fraction of sp³-hybridized carbons (Fsp3) is 0.182. The Balaban J connectivity index is 1.84. The number of hydrogen-bond acceptors (Lipinski definition) is 7. The van der Waals surface area contributed by atoms with Crippen LogP contribution in [0, 0.1) is 0 Å². The minimum Gasteiger partial charge on any atom is -0.507 e. The molecule has 3 aromatic rings. The van der Waals surface area contributed by atoms with Crippen LogP contribution in [0.4, 0.5) is 0 Å². The van der Waals surface area contributed by atoms with Gasteiger partial charge in [0.05, 0.1) is 38.9 Å². The molecule has 1 saturated heterocycles. The van der Waals surface area contributed by atoms with E-state index in [1.54, 1.807) is 36.4 Å². The van der Waals surface area contributed by atoms with E-state index in [4.69, 9.17) is 18.3 Å². The number of methoxy groups -OCH3 is 2. The summed E-state index contributed by atoms with van der Waals surface area (Å²) in [5.41, 5.74) is 0.230. The van der Waals surface area contributed by atoms with E-state index in [1.165, 1.54) is 37.7 Å². The van der Waals surface area contributed by atoms with Crippen LogP contribution in [0.5, 0.6) is 11.5 Å². The van der Waals surface area contributed by atoms with Crippen LogP contribution in [0.25, 0.3) is 5.76 Å². The molecule has 0 radical (unpaired) electrons. The van der Waals surface area contributed by atoms with Gasteiger partial charge in [-0.2, -0.15) is 0 Å². The molecule has 1 fully saturated rings. The maximum atomic E-state index is 12.9. The molecule has 0 aliphatic carbocycles. The third-order valence-electron chi connectivity index (χ3n) is 4.92. The zero-order valence-electron chi connectivity index (χ0n) is 16.3. The topological polar surface area (TPSA) is 102 Å². The molecule has 1 aliphatic rings. The van der Waals surface area contributed by atoms with Gasteiger partial charge in [0.2, 0.25) is 0 Å². The van der Waals surface area contributed by atoms with E-state index in [2.05, 4.69) is 0 Å². The van der Waals surface area contributed by atoms with Crippen molar-refractivity contribution in [2.75, 3.05) is 14.2 Å². The second-order valence-electron chi connectivity index (χ2n) is 6.59. The molecule has 30 heavy (non-hydrogen) atoms. The summed E-state index contributed by atoms with van der Waals surface area (Å²) >= 11 is 0. The summed E-state index contributed by atoms with van der Waals surface area (Å²) in [5, 5.41) is 11.0. The molecule has 154 valence electrons. The molecule has 8 heteroatoms. The lowest BCUT2D eigenvalue weighted by Crippen LogP contribution is -2.28. The van der Waals surface area contributed by atoms with E-state index >= 15 is 0 Å². The number of aliphatic hydroxyl groups is 1. The number of amides is 1. The maximum Gasteiger partial charge on any atom is 0.296 e. The van der Waals surface area contributed by atoms with Gasteiger partial charge in [-0.15, -0.1) is 0 Å². The molecule has 3 heterocycles. The van der Waals surface area contributed by atoms with Crippen LogP contribution >= 0.6 is 0 Å². The number of rotatable bonds is 6. The fourth-order valence-electron chi connectivity index (χ4n) is 3.50. The normalized spacial score (nSPS) is 18.1.